The Labute approximate surface area is 147 Å². The van der Waals surface area contributed by atoms with Gasteiger partial charge in [0.2, 0.25) is 5.91 Å². The number of fused-ring (bicyclic) bond motifs is 1. The van der Waals surface area contributed by atoms with Gasteiger partial charge in [-0.05, 0) is 26.2 Å². The van der Waals surface area contributed by atoms with Crippen LogP contribution in [0.25, 0.3) is 0 Å². The fourth-order valence-electron chi connectivity index (χ4n) is 3.39. The monoisotopic (exact) mass is 370 g/mol. The van der Waals surface area contributed by atoms with E-state index in [-0.39, 0.29) is 23.7 Å². The van der Waals surface area contributed by atoms with Crippen molar-refractivity contribution < 1.29 is 18.0 Å². The number of hydrogen-bond donors (Lipinski definition) is 0. The minimum absolute atomic E-state index is 0.0227. The number of carbonyl (C=O) groups excluding carboxylic acids is 1. The van der Waals surface area contributed by atoms with Gasteiger partial charge in [-0.2, -0.15) is 30.2 Å². The molecule has 1 aromatic heterocycles. The average Bonchev–Trinajstić information content (AvgIpc) is 2.59. The van der Waals surface area contributed by atoms with Crippen molar-refractivity contribution in [3.05, 3.63) is 22.8 Å². The Hall–Kier alpha value is -1.82. The van der Waals surface area contributed by atoms with Crippen molar-refractivity contribution in [1.82, 2.24) is 14.9 Å². The lowest BCUT2D eigenvalue weighted by Gasteiger charge is -2.35. The molecule has 5 nitrogen and oxygen atoms in total. The van der Waals surface area contributed by atoms with Crippen molar-refractivity contribution >= 4 is 17.7 Å². The van der Waals surface area contributed by atoms with E-state index in [9.17, 15) is 23.2 Å². The summed E-state index contributed by atoms with van der Waals surface area (Å²) in [6.07, 6.45) is -3.83. The highest BCUT2D eigenvalue weighted by atomic mass is 32.2. The van der Waals surface area contributed by atoms with E-state index in [0.29, 0.717) is 30.8 Å². The van der Waals surface area contributed by atoms with Crippen LogP contribution in [0.3, 0.4) is 0 Å². The van der Waals surface area contributed by atoms with Gasteiger partial charge in [0.05, 0.1) is 6.07 Å². The van der Waals surface area contributed by atoms with Crippen molar-refractivity contribution in [2.75, 3.05) is 18.1 Å². The highest BCUT2D eigenvalue weighted by Gasteiger charge is 2.41. The number of halogens is 3. The van der Waals surface area contributed by atoms with Crippen molar-refractivity contribution in [3.8, 4) is 6.07 Å². The molecule has 1 aliphatic carbocycles. The second-order valence-corrected chi connectivity index (χ2v) is 7.38. The fourth-order valence-corrected chi connectivity index (χ4v) is 4.36. The maximum Gasteiger partial charge on any atom is 0.433 e. The number of thioether (sulfide) groups is 1. The zero-order chi connectivity index (χ0) is 18.2. The minimum Gasteiger partial charge on any atom is -0.325 e. The van der Waals surface area contributed by atoms with E-state index in [1.807, 2.05) is 0 Å². The quantitative estimate of drug-likeness (QED) is 0.759. The van der Waals surface area contributed by atoms with Gasteiger partial charge in [0.15, 0.2) is 5.69 Å². The molecule has 9 heteroatoms. The molecule has 1 aromatic rings. The summed E-state index contributed by atoms with van der Waals surface area (Å²) < 4.78 is 40.0. The molecule has 3 rings (SSSR count). The van der Waals surface area contributed by atoms with E-state index in [0.717, 1.165) is 5.75 Å². The third-order valence-electron chi connectivity index (χ3n) is 4.56. The summed E-state index contributed by atoms with van der Waals surface area (Å²) in [6.45, 7) is 1.90. The topological polar surface area (TPSA) is 69.9 Å². The van der Waals surface area contributed by atoms with Crippen LogP contribution in [0, 0.1) is 24.2 Å². The summed E-state index contributed by atoms with van der Waals surface area (Å²) in [5.41, 5.74) is -0.518. The van der Waals surface area contributed by atoms with Crippen LogP contribution in [0.1, 0.15) is 29.2 Å². The van der Waals surface area contributed by atoms with Gasteiger partial charge in [-0.1, -0.05) is 0 Å². The summed E-state index contributed by atoms with van der Waals surface area (Å²) in [6, 6.07) is 1.61. The van der Waals surface area contributed by atoms with E-state index in [2.05, 4.69) is 16.0 Å². The van der Waals surface area contributed by atoms with Crippen molar-refractivity contribution in [2.45, 2.75) is 38.4 Å². The number of aryl methyl sites for hydroxylation is 2. The zero-order valence-corrected chi connectivity index (χ0v) is 14.5. The molecular weight excluding hydrogens is 353 g/mol. The van der Waals surface area contributed by atoms with Gasteiger partial charge < -0.3 is 4.90 Å². The minimum atomic E-state index is -4.57. The van der Waals surface area contributed by atoms with Gasteiger partial charge in [0, 0.05) is 35.2 Å². The van der Waals surface area contributed by atoms with E-state index >= 15 is 0 Å². The Morgan fingerprint density at radius 3 is 2.84 bits per heavy atom. The lowest BCUT2D eigenvalue weighted by atomic mass is 9.84. The Morgan fingerprint density at radius 1 is 1.40 bits per heavy atom. The molecule has 2 aliphatic rings. The molecule has 1 saturated heterocycles. The van der Waals surface area contributed by atoms with Crippen molar-refractivity contribution in [3.63, 3.8) is 0 Å². The Kier molecular flexibility index (Phi) is 4.91. The fraction of sp³-hybridized carbons (Fsp3) is 0.625. The summed E-state index contributed by atoms with van der Waals surface area (Å²) in [5, 5.41) is 9.22. The van der Waals surface area contributed by atoms with Crippen LogP contribution in [-0.4, -0.2) is 44.9 Å². The van der Waals surface area contributed by atoms with Crippen LogP contribution in [0.5, 0.6) is 0 Å². The van der Waals surface area contributed by atoms with Gasteiger partial charge in [0.25, 0.3) is 0 Å². The van der Waals surface area contributed by atoms with Crippen LogP contribution in [0.15, 0.2) is 0 Å². The number of carbonyl (C=O) groups is 1. The van der Waals surface area contributed by atoms with E-state index in [4.69, 9.17) is 0 Å². The first-order chi connectivity index (χ1) is 11.8. The van der Waals surface area contributed by atoms with Gasteiger partial charge in [-0.25, -0.2) is 9.97 Å². The van der Waals surface area contributed by atoms with Gasteiger partial charge in [0.1, 0.15) is 11.9 Å². The highest BCUT2D eigenvalue weighted by molar-refractivity contribution is 7.99. The lowest BCUT2D eigenvalue weighted by Crippen LogP contribution is -2.49. The molecule has 0 spiro atoms. The van der Waals surface area contributed by atoms with E-state index in [1.54, 1.807) is 11.8 Å². The molecule has 25 heavy (non-hydrogen) atoms. The third kappa shape index (κ3) is 3.59. The molecule has 0 unspecified atom stereocenters. The van der Waals surface area contributed by atoms with Gasteiger partial charge >= 0.3 is 6.18 Å². The highest BCUT2D eigenvalue weighted by Crippen LogP contribution is 2.36. The van der Waals surface area contributed by atoms with Crippen LogP contribution < -0.4 is 0 Å². The first kappa shape index (κ1) is 18.0. The maximum atomic E-state index is 13.3. The normalized spacial score (nSPS) is 23.7. The van der Waals surface area contributed by atoms with Gasteiger partial charge in [-0.15, -0.1) is 0 Å². The number of hydrogen-bond acceptors (Lipinski definition) is 5. The van der Waals surface area contributed by atoms with Crippen LogP contribution in [-0.2, 0) is 23.8 Å². The average molecular weight is 370 g/mol. The molecule has 134 valence electrons. The van der Waals surface area contributed by atoms with Crippen LogP contribution in [0.2, 0.25) is 0 Å². The SMILES string of the molecule is Cc1nc2c(c(C(F)(F)F)n1)C[C@@H](C(=O)N1CCSC[C@@H]1C#N)CC2. The van der Waals surface area contributed by atoms with Gasteiger partial charge in [-0.3, -0.25) is 4.79 Å². The standard InChI is InChI=1S/C16H17F3N4OS/c1-9-21-13-3-2-10(6-12(13)14(22-9)16(17,18)19)15(24)23-4-5-25-8-11(23)7-20/h10-11H,2-6,8H2,1H3/t10-,11-/m0/s1. The number of nitrogens with zero attached hydrogens (tertiary/aromatic N) is 4. The largest absolute Gasteiger partial charge is 0.433 e. The second kappa shape index (κ2) is 6.83. The maximum absolute atomic E-state index is 13.3. The summed E-state index contributed by atoms with van der Waals surface area (Å²) >= 11 is 1.61. The number of aromatic nitrogens is 2. The zero-order valence-electron chi connectivity index (χ0n) is 13.6. The summed E-state index contributed by atoms with van der Waals surface area (Å²) in [7, 11) is 0. The molecule has 1 aliphatic heterocycles. The summed E-state index contributed by atoms with van der Waals surface area (Å²) in [5.74, 6) is 0.587. The van der Waals surface area contributed by atoms with Crippen molar-refractivity contribution in [2.24, 2.45) is 5.92 Å². The molecule has 2 heterocycles. The molecule has 0 bridgehead atoms. The van der Waals surface area contributed by atoms with E-state index in [1.165, 1.54) is 11.8 Å². The number of alkyl halides is 3. The number of nitriles is 1. The lowest BCUT2D eigenvalue weighted by molar-refractivity contribution is -0.143. The molecule has 0 radical (unpaired) electrons. The third-order valence-corrected chi connectivity index (χ3v) is 5.59. The van der Waals surface area contributed by atoms with Crippen LogP contribution in [0.4, 0.5) is 13.2 Å². The smallest absolute Gasteiger partial charge is 0.325 e. The molecular formula is C16H17F3N4OS. The van der Waals surface area contributed by atoms with Crippen molar-refractivity contribution in [1.29, 1.82) is 5.26 Å². The first-order valence-corrected chi connectivity index (χ1v) is 9.18. The Morgan fingerprint density at radius 2 is 2.16 bits per heavy atom. The number of amides is 1. The molecule has 2 atom stereocenters. The Balaban J connectivity index is 1.88. The molecule has 0 saturated carbocycles. The summed E-state index contributed by atoms with van der Waals surface area (Å²) in [4.78, 5) is 22.0. The Bertz CT molecular complexity index is 731. The van der Waals surface area contributed by atoms with Crippen LogP contribution >= 0.6 is 11.8 Å². The number of rotatable bonds is 1. The molecule has 0 aromatic carbocycles. The molecule has 1 fully saturated rings. The van der Waals surface area contributed by atoms with E-state index < -0.39 is 23.8 Å². The predicted octanol–water partition coefficient (Wildman–Crippen LogP) is 2.38. The predicted molar refractivity (Wildman–Crippen MR) is 85.7 cm³/mol. The first-order valence-electron chi connectivity index (χ1n) is 8.02. The molecule has 1 amide bonds. The second-order valence-electron chi connectivity index (χ2n) is 6.23. The molecule has 0 N–H and O–H groups in total.